The van der Waals surface area contributed by atoms with Crippen molar-refractivity contribution >= 4 is 11.9 Å². The lowest BCUT2D eigenvalue weighted by Crippen LogP contribution is -2.32. The SMILES string of the molecule is CC(NC(=O)[C@@H]1CC[C@H](C(=O)O)C1)c1ncc(-c2ccccc2)o1. The molecular formula is C18H20N2O4. The van der Waals surface area contributed by atoms with E-state index in [-0.39, 0.29) is 17.9 Å². The highest BCUT2D eigenvalue weighted by atomic mass is 16.4. The summed E-state index contributed by atoms with van der Waals surface area (Å²) in [6.45, 7) is 1.81. The van der Waals surface area contributed by atoms with Crippen LogP contribution in [0.15, 0.2) is 40.9 Å². The maximum atomic E-state index is 12.3. The van der Waals surface area contributed by atoms with Crippen molar-refractivity contribution in [3.05, 3.63) is 42.4 Å². The van der Waals surface area contributed by atoms with Crippen molar-refractivity contribution in [1.82, 2.24) is 10.3 Å². The number of carbonyl (C=O) groups excluding carboxylic acids is 1. The van der Waals surface area contributed by atoms with E-state index in [1.807, 2.05) is 37.3 Å². The van der Waals surface area contributed by atoms with Gasteiger partial charge in [-0.15, -0.1) is 0 Å². The van der Waals surface area contributed by atoms with E-state index in [0.29, 0.717) is 30.9 Å². The van der Waals surface area contributed by atoms with Crippen LogP contribution in [0.3, 0.4) is 0 Å². The molecule has 0 radical (unpaired) electrons. The van der Waals surface area contributed by atoms with Crippen LogP contribution in [0.4, 0.5) is 0 Å². The molecule has 1 unspecified atom stereocenters. The van der Waals surface area contributed by atoms with Gasteiger partial charge >= 0.3 is 5.97 Å². The van der Waals surface area contributed by atoms with Crippen LogP contribution in [-0.4, -0.2) is 22.0 Å². The topological polar surface area (TPSA) is 92.4 Å². The van der Waals surface area contributed by atoms with Gasteiger partial charge in [-0.2, -0.15) is 0 Å². The molecule has 1 aliphatic rings. The molecule has 1 heterocycles. The molecule has 1 aromatic carbocycles. The summed E-state index contributed by atoms with van der Waals surface area (Å²) in [5.74, 6) is -0.530. The van der Waals surface area contributed by atoms with Crippen molar-refractivity contribution in [2.24, 2.45) is 11.8 Å². The van der Waals surface area contributed by atoms with E-state index >= 15 is 0 Å². The highest BCUT2D eigenvalue weighted by Gasteiger charge is 2.34. The third-order valence-corrected chi connectivity index (χ3v) is 4.46. The highest BCUT2D eigenvalue weighted by molar-refractivity contribution is 5.81. The Hall–Kier alpha value is -2.63. The average Bonchev–Trinajstić information content (AvgIpc) is 3.25. The first-order valence-corrected chi connectivity index (χ1v) is 8.09. The maximum Gasteiger partial charge on any atom is 0.306 e. The second kappa shape index (κ2) is 6.86. The predicted octanol–water partition coefficient (Wildman–Crippen LogP) is 3.02. The molecule has 0 bridgehead atoms. The Balaban J connectivity index is 1.61. The number of nitrogens with one attached hydrogen (secondary N) is 1. The Morgan fingerprint density at radius 2 is 1.96 bits per heavy atom. The number of aliphatic carboxylic acids is 1. The van der Waals surface area contributed by atoms with Gasteiger partial charge in [0.05, 0.1) is 12.1 Å². The van der Waals surface area contributed by atoms with Gasteiger partial charge < -0.3 is 14.8 Å². The standard InChI is InChI=1S/C18H20N2O4/c1-11(20-16(21)13-7-8-14(9-13)18(22)23)17-19-10-15(24-17)12-5-3-2-4-6-12/h2-6,10-11,13-14H,7-9H2,1H3,(H,20,21)(H,22,23)/t11?,13-,14+/m1/s1. The number of carbonyl (C=O) groups is 2. The van der Waals surface area contributed by atoms with E-state index in [9.17, 15) is 9.59 Å². The third-order valence-electron chi connectivity index (χ3n) is 4.46. The molecule has 6 nitrogen and oxygen atoms in total. The first-order valence-electron chi connectivity index (χ1n) is 8.09. The summed E-state index contributed by atoms with van der Waals surface area (Å²) in [5, 5.41) is 11.9. The minimum Gasteiger partial charge on any atom is -0.481 e. The molecule has 0 spiro atoms. The zero-order chi connectivity index (χ0) is 17.1. The Kier molecular flexibility index (Phi) is 4.64. The minimum absolute atomic E-state index is 0.134. The molecule has 0 saturated heterocycles. The predicted molar refractivity (Wildman–Crippen MR) is 87.0 cm³/mol. The highest BCUT2D eigenvalue weighted by Crippen LogP contribution is 2.32. The molecule has 1 amide bonds. The number of aromatic nitrogens is 1. The lowest BCUT2D eigenvalue weighted by Gasteiger charge is -2.14. The van der Waals surface area contributed by atoms with Gasteiger partial charge in [-0.25, -0.2) is 4.98 Å². The second-order valence-electron chi connectivity index (χ2n) is 6.20. The Morgan fingerprint density at radius 1 is 1.25 bits per heavy atom. The Bertz CT molecular complexity index is 726. The van der Waals surface area contributed by atoms with Crippen LogP contribution < -0.4 is 5.32 Å². The van der Waals surface area contributed by atoms with E-state index in [4.69, 9.17) is 9.52 Å². The largest absolute Gasteiger partial charge is 0.481 e. The van der Waals surface area contributed by atoms with Crippen molar-refractivity contribution < 1.29 is 19.1 Å². The Morgan fingerprint density at radius 3 is 2.62 bits per heavy atom. The van der Waals surface area contributed by atoms with Gasteiger partial charge in [0, 0.05) is 11.5 Å². The number of oxazole rings is 1. The first-order chi connectivity index (χ1) is 11.5. The summed E-state index contributed by atoms with van der Waals surface area (Å²) < 4.78 is 5.73. The number of carboxylic acids is 1. The number of rotatable bonds is 5. The summed E-state index contributed by atoms with van der Waals surface area (Å²) in [6.07, 6.45) is 3.20. The lowest BCUT2D eigenvalue weighted by molar-refractivity contribution is -0.141. The molecular weight excluding hydrogens is 308 g/mol. The van der Waals surface area contributed by atoms with Crippen LogP contribution in [0.5, 0.6) is 0 Å². The fraction of sp³-hybridized carbons (Fsp3) is 0.389. The molecule has 3 atom stereocenters. The lowest BCUT2D eigenvalue weighted by atomic mass is 10.0. The molecule has 126 valence electrons. The van der Waals surface area contributed by atoms with Crippen molar-refractivity contribution in [1.29, 1.82) is 0 Å². The smallest absolute Gasteiger partial charge is 0.306 e. The van der Waals surface area contributed by atoms with E-state index in [2.05, 4.69) is 10.3 Å². The van der Waals surface area contributed by atoms with Gasteiger partial charge in [0.15, 0.2) is 5.76 Å². The fourth-order valence-corrected chi connectivity index (χ4v) is 3.06. The summed E-state index contributed by atoms with van der Waals surface area (Å²) >= 11 is 0. The monoisotopic (exact) mass is 328 g/mol. The number of hydrogen-bond donors (Lipinski definition) is 2. The molecule has 1 fully saturated rings. The van der Waals surface area contributed by atoms with Crippen LogP contribution in [0, 0.1) is 11.8 Å². The number of carboxylic acid groups (broad SMARTS) is 1. The summed E-state index contributed by atoms with van der Waals surface area (Å²) in [4.78, 5) is 27.5. The fourth-order valence-electron chi connectivity index (χ4n) is 3.06. The maximum absolute atomic E-state index is 12.3. The quantitative estimate of drug-likeness (QED) is 0.880. The Labute approximate surface area is 139 Å². The number of nitrogens with zero attached hydrogens (tertiary/aromatic N) is 1. The van der Waals surface area contributed by atoms with Gasteiger partial charge in [-0.05, 0) is 26.2 Å². The molecule has 24 heavy (non-hydrogen) atoms. The molecule has 0 aliphatic heterocycles. The molecule has 2 aromatic rings. The number of benzene rings is 1. The van der Waals surface area contributed by atoms with Gasteiger partial charge in [0.25, 0.3) is 0 Å². The van der Waals surface area contributed by atoms with Crippen molar-refractivity contribution in [3.63, 3.8) is 0 Å². The summed E-state index contributed by atoms with van der Waals surface area (Å²) in [6, 6.07) is 9.26. The molecule has 1 saturated carbocycles. The normalized spacial score (nSPS) is 21.4. The minimum atomic E-state index is -0.821. The van der Waals surface area contributed by atoms with Gasteiger partial charge in [0.2, 0.25) is 11.8 Å². The van der Waals surface area contributed by atoms with Crippen LogP contribution in [0.1, 0.15) is 38.1 Å². The summed E-state index contributed by atoms with van der Waals surface area (Å²) in [7, 11) is 0. The van der Waals surface area contributed by atoms with Crippen LogP contribution in [0.25, 0.3) is 11.3 Å². The van der Waals surface area contributed by atoms with E-state index in [0.717, 1.165) is 5.56 Å². The number of hydrogen-bond acceptors (Lipinski definition) is 4. The van der Waals surface area contributed by atoms with Gasteiger partial charge in [-0.1, -0.05) is 30.3 Å². The third kappa shape index (κ3) is 3.48. The molecule has 1 aromatic heterocycles. The van der Waals surface area contributed by atoms with E-state index in [1.165, 1.54) is 0 Å². The van der Waals surface area contributed by atoms with Crippen molar-refractivity contribution in [3.8, 4) is 11.3 Å². The summed E-state index contributed by atoms with van der Waals surface area (Å²) in [5.41, 5.74) is 0.926. The van der Waals surface area contributed by atoms with Gasteiger partial charge in [0.1, 0.15) is 6.04 Å². The second-order valence-corrected chi connectivity index (χ2v) is 6.20. The molecule has 2 N–H and O–H groups in total. The molecule has 1 aliphatic carbocycles. The van der Waals surface area contributed by atoms with Gasteiger partial charge in [-0.3, -0.25) is 9.59 Å². The first kappa shape index (κ1) is 16.2. The van der Waals surface area contributed by atoms with Crippen LogP contribution in [-0.2, 0) is 9.59 Å². The van der Waals surface area contributed by atoms with Crippen molar-refractivity contribution in [2.45, 2.75) is 32.2 Å². The molecule has 3 rings (SSSR count). The van der Waals surface area contributed by atoms with Crippen molar-refractivity contribution in [2.75, 3.05) is 0 Å². The zero-order valence-corrected chi connectivity index (χ0v) is 13.4. The van der Waals surface area contributed by atoms with Crippen LogP contribution >= 0.6 is 0 Å². The van der Waals surface area contributed by atoms with E-state index < -0.39 is 11.9 Å². The molecule has 6 heteroatoms. The van der Waals surface area contributed by atoms with Crippen LogP contribution in [0.2, 0.25) is 0 Å². The van der Waals surface area contributed by atoms with E-state index in [1.54, 1.807) is 6.20 Å². The zero-order valence-electron chi connectivity index (χ0n) is 13.4. The number of amides is 1. The average molecular weight is 328 g/mol.